The summed E-state index contributed by atoms with van der Waals surface area (Å²) >= 11 is 0. The van der Waals surface area contributed by atoms with Crippen LogP contribution in [-0.2, 0) is 13.0 Å². The zero-order valence-electron chi connectivity index (χ0n) is 13.7. The maximum absolute atomic E-state index is 5.45. The van der Waals surface area contributed by atoms with Gasteiger partial charge in [0.2, 0.25) is 0 Å². The van der Waals surface area contributed by atoms with E-state index in [1.807, 2.05) is 24.3 Å². The van der Waals surface area contributed by atoms with Crippen molar-refractivity contribution in [3.05, 3.63) is 48.3 Å². The van der Waals surface area contributed by atoms with Crippen molar-refractivity contribution in [3.8, 4) is 0 Å². The van der Waals surface area contributed by atoms with Crippen LogP contribution >= 0.6 is 0 Å². The molecule has 0 aliphatic heterocycles. The molecular formula is C18H25N3O2. The fourth-order valence-corrected chi connectivity index (χ4v) is 2.97. The van der Waals surface area contributed by atoms with E-state index in [2.05, 4.69) is 17.3 Å². The van der Waals surface area contributed by atoms with Crippen molar-refractivity contribution < 1.29 is 8.83 Å². The zero-order valence-corrected chi connectivity index (χ0v) is 13.7. The molecule has 2 heterocycles. The molecular weight excluding hydrogens is 290 g/mol. The Morgan fingerprint density at radius 1 is 1.17 bits per heavy atom. The van der Waals surface area contributed by atoms with Gasteiger partial charge in [-0.05, 0) is 37.1 Å². The Labute approximate surface area is 137 Å². The molecule has 124 valence electrons. The first-order valence-corrected chi connectivity index (χ1v) is 8.38. The molecule has 0 saturated heterocycles. The van der Waals surface area contributed by atoms with Crippen molar-refractivity contribution in [2.75, 3.05) is 13.6 Å². The van der Waals surface area contributed by atoms with E-state index in [1.54, 1.807) is 12.5 Å². The van der Waals surface area contributed by atoms with E-state index in [1.165, 1.54) is 25.7 Å². The second-order valence-corrected chi connectivity index (χ2v) is 6.10. The third-order valence-electron chi connectivity index (χ3n) is 4.22. The van der Waals surface area contributed by atoms with Gasteiger partial charge >= 0.3 is 0 Å². The fourth-order valence-electron chi connectivity index (χ4n) is 2.97. The molecule has 2 aromatic heterocycles. The summed E-state index contributed by atoms with van der Waals surface area (Å²) in [4.78, 5) is 6.90. The molecule has 1 fully saturated rings. The van der Waals surface area contributed by atoms with E-state index >= 15 is 0 Å². The largest absolute Gasteiger partial charge is 0.469 e. The minimum Gasteiger partial charge on any atom is -0.469 e. The van der Waals surface area contributed by atoms with Crippen molar-refractivity contribution in [2.45, 2.75) is 44.7 Å². The molecule has 3 rings (SSSR count). The first-order chi connectivity index (χ1) is 11.3. The van der Waals surface area contributed by atoms with E-state index in [0.717, 1.165) is 23.9 Å². The monoisotopic (exact) mass is 315 g/mol. The summed E-state index contributed by atoms with van der Waals surface area (Å²) in [6.07, 6.45) is 9.30. The highest BCUT2D eigenvalue weighted by molar-refractivity contribution is 5.80. The lowest BCUT2D eigenvalue weighted by molar-refractivity contribution is 0.393. The van der Waals surface area contributed by atoms with Crippen LogP contribution in [0.5, 0.6) is 0 Å². The second kappa shape index (κ2) is 7.90. The number of nitrogens with one attached hydrogen (secondary N) is 1. The Kier molecular flexibility index (Phi) is 5.40. The Bertz CT molecular complexity index is 584. The molecule has 0 radical (unpaired) electrons. The number of furan rings is 2. The summed E-state index contributed by atoms with van der Waals surface area (Å²) in [5, 5.41) is 3.61. The smallest absolute Gasteiger partial charge is 0.194 e. The van der Waals surface area contributed by atoms with E-state index in [-0.39, 0.29) is 0 Å². The molecule has 5 heteroatoms. The van der Waals surface area contributed by atoms with E-state index in [4.69, 9.17) is 13.8 Å². The van der Waals surface area contributed by atoms with E-state index in [9.17, 15) is 0 Å². The Morgan fingerprint density at radius 3 is 2.52 bits per heavy atom. The van der Waals surface area contributed by atoms with Crippen molar-refractivity contribution in [2.24, 2.45) is 4.99 Å². The quantitative estimate of drug-likeness (QED) is 0.655. The summed E-state index contributed by atoms with van der Waals surface area (Å²) < 4.78 is 10.8. The normalized spacial score (nSPS) is 16.0. The van der Waals surface area contributed by atoms with Crippen LogP contribution in [0.1, 0.15) is 37.2 Å². The Balaban J connectivity index is 1.61. The SMILES string of the molecule is CN(Cc1ccco1)C(=NCCc1ccco1)NC1CCCC1. The van der Waals surface area contributed by atoms with Crippen molar-refractivity contribution >= 4 is 5.96 Å². The van der Waals surface area contributed by atoms with Gasteiger partial charge in [-0.3, -0.25) is 4.99 Å². The number of guanidine groups is 1. The topological polar surface area (TPSA) is 53.9 Å². The van der Waals surface area contributed by atoms with Gasteiger partial charge in [0.15, 0.2) is 5.96 Å². The molecule has 0 unspecified atom stereocenters. The molecule has 5 nitrogen and oxygen atoms in total. The summed E-state index contributed by atoms with van der Waals surface area (Å²) in [6.45, 7) is 1.43. The molecule has 0 amide bonds. The lowest BCUT2D eigenvalue weighted by atomic mass is 10.2. The van der Waals surface area contributed by atoms with Crippen LogP contribution < -0.4 is 5.32 Å². The zero-order chi connectivity index (χ0) is 15.9. The summed E-state index contributed by atoms with van der Waals surface area (Å²) in [6, 6.07) is 8.36. The predicted molar refractivity (Wildman–Crippen MR) is 90.3 cm³/mol. The Morgan fingerprint density at radius 2 is 1.87 bits per heavy atom. The molecule has 1 aliphatic carbocycles. The van der Waals surface area contributed by atoms with Gasteiger partial charge in [-0.25, -0.2) is 0 Å². The minimum absolute atomic E-state index is 0.538. The summed E-state index contributed by atoms with van der Waals surface area (Å²) in [7, 11) is 2.05. The lowest BCUT2D eigenvalue weighted by Gasteiger charge is -2.24. The van der Waals surface area contributed by atoms with Gasteiger partial charge in [-0.15, -0.1) is 0 Å². The molecule has 2 aromatic rings. The molecule has 0 spiro atoms. The fraction of sp³-hybridized carbons (Fsp3) is 0.500. The average molecular weight is 315 g/mol. The number of hydrogen-bond donors (Lipinski definition) is 1. The van der Waals surface area contributed by atoms with Gasteiger partial charge in [-0.1, -0.05) is 12.8 Å². The minimum atomic E-state index is 0.538. The first-order valence-electron chi connectivity index (χ1n) is 8.38. The number of rotatable bonds is 6. The first kappa shape index (κ1) is 15.7. The number of nitrogens with zero attached hydrogens (tertiary/aromatic N) is 2. The maximum atomic E-state index is 5.45. The highest BCUT2D eigenvalue weighted by atomic mass is 16.3. The van der Waals surface area contributed by atoms with Crippen LogP contribution in [0.25, 0.3) is 0 Å². The highest BCUT2D eigenvalue weighted by Crippen LogP contribution is 2.18. The molecule has 0 aromatic carbocycles. The predicted octanol–water partition coefficient (Wildman–Crippen LogP) is 3.44. The van der Waals surface area contributed by atoms with Gasteiger partial charge in [-0.2, -0.15) is 0 Å². The number of hydrogen-bond acceptors (Lipinski definition) is 3. The van der Waals surface area contributed by atoms with Gasteiger partial charge in [0.25, 0.3) is 0 Å². The van der Waals surface area contributed by atoms with Gasteiger partial charge in [0, 0.05) is 26.1 Å². The third kappa shape index (κ3) is 4.65. The van der Waals surface area contributed by atoms with Crippen LogP contribution in [0, 0.1) is 0 Å². The summed E-state index contributed by atoms with van der Waals surface area (Å²) in [5.41, 5.74) is 0. The average Bonchev–Trinajstić information content (AvgIpc) is 3.30. The van der Waals surface area contributed by atoms with Crippen LogP contribution in [0.3, 0.4) is 0 Å². The van der Waals surface area contributed by atoms with Crippen molar-refractivity contribution in [1.29, 1.82) is 0 Å². The molecule has 23 heavy (non-hydrogen) atoms. The van der Waals surface area contributed by atoms with Crippen LogP contribution in [0.15, 0.2) is 50.6 Å². The molecule has 1 N–H and O–H groups in total. The Hall–Kier alpha value is -2.17. The lowest BCUT2D eigenvalue weighted by Crippen LogP contribution is -2.43. The molecule has 1 aliphatic rings. The van der Waals surface area contributed by atoms with Crippen LogP contribution in [0.4, 0.5) is 0 Å². The molecule has 0 atom stereocenters. The van der Waals surface area contributed by atoms with Crippen molar-refractivity contribution in [3.63, 3.8) is 0 Å². The second-order valence-electron chi connectivity index (χ2n) is 6.10. The highest BCUT2D eigenvalue weighted by Gasteiger charge is 2.18. The van der Waals surface area contributed by atoms with E-state index in [0.29, 0.717) is 19.1 Å². The maximum Gasteiger partial charge on any atom is 0.194 e. The van der Waals surface area contributed by atoms with Gasteiger partial charge in [0.1, 0.15) is 11.5 Å². The third-order valence-corrected chi connectivity index (χ3v) is 4.22. The van der Waals surface area contributed by atoms with Gasteiger partial charge < -0.3 is 19.1 Å². The molecule has 0 bridgehead atoms. The van der Waals surface area contributed by atoms with Crippen LogP contribution in [0.2, 0.25) is 0 Å². The number of aliphatic imine (C=N–C) groups is 1. The van der Waals surface area contributed by atoms with Crippen LogP contribution in [-0.4, -0.2) is 30.5 Å². The molecule has 1 saturated carbocycles. The van der Waals surface area contributed by atoms with Gasteiger partial charge in [0.05, 0.1) is 19.1 Å². The standard InChI is InChI=1S/C18H25N3O2/c1-21(14-17-9-5-13-23-17)18(20-15-6-2-3-7-15)19-11-10-16-8-4-12-22-16/h4-5,8-9,12-13,15H,2-3,6-7,10-11,14H2,1H3,(H,19,20). The van der Waals surface area contributed by atoms with E-state index < -0.39 is 0 Å². The summed E-state index contributed by atoms with van der Waals surface area (Å²) in [5.74, 6) is 2.86. The van der Waals surface area contributed by atoms with Crippen molar-refractivity contribution in [1.82, 2.24) is 10.2 Å².